The van der Waals surface area contributed by atoms with E-state index < -0.39 is 29.6 Å². The van der Waals surface area contributed by atoms with Crippen molar-refractivity contribution in [1.29, 1.82) is 0 Å². The molecule has 0 saturated carbocycles. The van der Waals surface area contributed by atoms with Crippen LogP contribution in [0.3, 0.4) is 0 Å². The molecule has 2 N–H and O–H groups in total. The molecule has 0 radical (unpaired) electrons. The summed E-state index contributed by atoms with van der Waals surface area (Å²) in [6.07, 6.45) is -1.25. The summed E-state index contributed by atoms with van der Waals surface area (Å²) in [4.78, 5) is 0. The lowest BCUT2D eigenvalue weighted by Crippen LogP contribution is -2.20. The lowest BCUT2D eigenvalue weighted by atomic mass is 9.80. The molecule has 1 aromatic rings. The van der Waals surface area contributed by atoms with Crippen LogP contribution in [0.15, 0.2) is 12.1 Å². The highest BCUT2D eigenvalue weighted by molar-refractivity contribution is 7.81. The lowest BCUT2D eigenvalue weighted by molar-refractivity contribution is 0.440. The molecule has 0 fully saturated rings. The first kappa shape index (κ1) is 14.6. The zero-order valence-corrected chi connectivity index (χ0v) is 9.98. The largest absolute Gasteiger partial charge is 0.488 e. The van der Waals surface area contributed by atoms with Crippen LogP contribution in [0.4, 0.5) is 22.5 Å². The molecule has 1 rings (SSSR count). The zero-order valence-electron chi connectivity index (χ0n) is 9.16. The van der Waals surface area contributed by atoms with Crippen molar-refractivity contribution in [3.63, 3.8) is 0 Å². The number of nitrogens with two attached hydrogens (primary N) is 1. The van der Waals surface area contributed by atoms with Crippen molar-refractivity contribution < 1.29 is 29.4 Å². The smallest absolute Gasteiger partial charge is 0.449 e. The van der Waals surface area contributed by atoms with Crippen molar-refractivity contribution in [2.45, 2.75) is 13.2 Å². The van der Waals surface area contributed by atoms with Gasteiger partial charge in [-0.25, -0.2) is 0 Å². The monoisotopic (exact) mass is 286 g/mol. The van der Waals surface area contributed by atoms with Gasteiger partial charge >= 0.3 is 17.5 Å². The maximum Gasteiger partial charge on any atom is 0.488 e. The van der Waals surface area contributed by atoms with Crippen LogP contribution in [0, 0.1) is 6.92 Å². The number of benzene rings is 1. The van der Waals surface area contributed by atoms with Crippen molar-refractivity contribution in [3.8, 4) is 5.75 Å². The van der Waals surface area contributed by atoms with Crippen molar-refractivity contribution >= 4 is 23.2 Å². The molecule has 0 aliphatic heterocycles. The second-order valence-electron chi connectivity index (χ2n) is 3.69. The Balaban J connectivity index is 3.19. The summed E-state index contributed by atoms with van der Waals surface area (Å²) in [5.41, 5.74) is 5.20. The summed E-state index contributed by atoms with van der Waals surface area (Å²) in [6.45, 7) is -3.77. The Bertz CT molecular complexity index is 558. The number of anilines is 1. The van der Waals surface area contributed by atoms with E-state index in [1.165, 1.54) is 6.92 Å². The quantitative estimate of drug-likeness (QED) is 0.398. The van der Waals surface area contributed by atoms with Gasteiger partial charge < -0.3 is 22.9 Å². The van der Waals surface area contributed by atoms with Gasteiger partial charge in [0.05, 0.1) is 0 Å². The second kappa shape index (κ2) is 4.67. The summed E-state index contributed by atoms with van der Waals surface area (Å²) < 4.78 is 73.5. The Hall–Kier alpha value is -1.45. The Labute approximate surface area is 101 Å². The van der Waals surface area contributed by atoms with Crippen molar-refractivity contribution in [2.24, 2.45) is 0 Å². The molecular weight excluding hydrogens is 277 g/mol. The highest BCUT2D eigenvalue weighted by Crippen LogP contribution is 2.28. The van der Waals surface area contributed by atoms with E-state index in [2.05, 4.69) is 4.18 Å². The molecule has 1 aromatic carbocycles. The van der Waals surface area contributed by atoms with Crippen LogP contribution in [0.5, 0.6) is 5.75 Å². The number of hydrogen-bond acceptors (Lipinski definition) is 4. The maximum absolute atomic E-state index is 12.3. The predicted molar refractivity (Wildman–Crippen MR) is 59.0 cm³/mol. The zero-order chi connectivity index (χ0) is 14.1. The first-order valence-corrected chi connectivity index (χ1v) is 6.03. The molecule has 18 heavy (non-hydrogen) atoms. The molecule has 0 atom stereocenters. The highest BCUT2D eigenvalue weighted by atomic mass is 32.3. The van der Waals surface area contributed by atoms with E-state index in [4.69, 9.17) is 5.73 Å². The molecule has 0 aromatic heterocycles. The lowest BCUT2D eigenvalue weighted by Gasteiger charge is -2.17. The van der Waals surface area contributed by atoms with Gasteiger partial charge in [-0.15, -0.1) is 0 Å². The molecule has 4 nitrogen and oxygen atoms in total. The molecule has 10 heteroatoms. The third-order valence-electron chi connectivity index (χ3n) is 2.18. The number of hydrogen-bond donors (Lipinski definition) is 1. The molecule has 102 valence electrons. The third-order valence-corrected chi connectivity index (χ3v) is 2.57. The minimum Gasteiger partial charge on any atom is -0.449 e. The fourth-order valence-corrected chi connectivity index (χ4v) is 1.72. The van der Waals surface area contributed by atoms with E-state index in [1.54, 1.807) is 0 Å². The Morgan fingerprint density at radius 3 is 2.33 bits per heavy atom. The standard InChI is InChI=1S/C8H9BF4NO3S/c1-5-6(4-9(10,11)12)2-7(3-8(5)14)17-18(13,15)16/h2-3H,4,14H2,1H3/q-1. The summed E-state index contributed by atoms with van der Waals surface area (Å²) in [7, 11) is -5.30. The van der Waals surface area contributed by atoms with Gasteiger partial charge in [0.25, 0.3) is 0 Å². The SMILES string of the molecule is Cc1c(N)cc(OS(=O)(=O)F)cc1C[B-](F)(F)F. The number of rotatable bonds is 4. The van der Waals surface area contributed by atoms with E-state index >= 15 is 0 Å². The van der Waals surface area contributed by atoms with Gasteiger partial charge in [-0.05, 0) is 18.6 Å². The van der Waals surface area contributed by atoms with Gasteiger partial charge in [-0.2, -0.15) is 8.42 Å². The Morgan fingerprint density at radius 1 is 1.33 bits per heavy atom. The minimum atomic E-state index is -5.30. The number of nitrogen functional groups attached to an aromatic ring is 1. The molecular formula is C8H9BF4NO3S-. The molecule has 0 saturated heterocycles. The van der Waals surface area contributed by atoms with E-state index in [0.29, 0.717) is 0 Å². The van der Waals surface area contributed by atoms with E-state index in [-0.39, 0.29) is 16.8 Å². The number of halogens is 4. The first-order chi connectivity index (χ1) is 7.98. The first-order valence-electron chi connectivity index (χ1n) is 4.72. The van der Waals surface area contributed by atoms with Crippen LogP contribution in [-0.4, -0.2) is 15.4 Å². The Kier molecular flexibility index (Phi) is 3.79. The summed E-state index contributed by atoms with van der Waals surface area (Å²) in [5.74, 6) is -0.587. The van der Waals surface area contributed by atoms with Gasteiger partial charge in [0.15, 0.2) is 0 Å². The fourth-order valence-electron chi connectivity index (χ4n) is 1.39. The fraction of sp³-hybridized carbons (Fsp3) is 0.250. The third kappa shape index (κ3) is 4.44. The summed E-state index contributed by atoms with van der Waals surface area (Å²) in [6, 6.07) is 1.75. The van der Waals surface area contributed by atoms with Gasteiger partial charge in [0.1, 0.15) is 5.75 Å². The summed E-state index contributed by atoms with van der Waals surface area (Å²) in [5, 5.41) is 0. The van der Waals surface area contributed by atoms with Crippen LogP contribution in [-0.2, 0) is 16.8 Å². The Morgan fingerprint density at radius 2 is 1.89 bits per heavy atom. The molecule has 0 aliphatic rings. The molecule has 0 bridgehead atoms. The van der Waals surface area contributed by atoms with Crippen LogP contribution >= 0.6 is 0 Å². The summed E-state index contributed by atoms with van der Waals surface area (Å²) >= 11 is 0. The van der Waals surface area contributed by atoms with E-state index in [9.17, 15) is 25.3 Å². The molecule has 0 aliphatic carbocycles. The van der Waals surface area contributed by atoms with Gasteiger partial charge in [0, 0.05) is 11.8 Å². The van der Waals surface area contributed by atoms with Crippen LogP contribution in [0.1, 0.15) is 11.1 Å². The van der Waals surface area contributed by atoms with Crippen molar-refractivity contribution in [1.82, 2.24) is 0 Å². The average Bonchev–Trinajstić information content (AvgIpc) is 2.08. The van der Waals surface area contributed by atoms with Crippen molar-refractivity contribution in [3.05, 3.63) is 23.3 Å². The normalized spacial score (nSPS) is 12.5. The molecule has 0 spiro atoms. The predicted octanol–water partition coefficient (Wildman–Crippen LogP) is 2.10. The van der Waals surface area contributed by atoms with E-state index in [1.807, 2.05) is 0 Å². The highest BCUT2D eigenvalue weighted by Gasteiger charge is 2.25. The maximum atomic E-state index is 12.3. The molecule has 0 amide bonds. The van der Waals surface area contributed by atoms with E-state index in [0.717, 1.165) is 12.1 Å². The van der Waals surface area contributed by atoms with Crippen LogP contribution in [0.2, 0.25) is 0 Å². The van der Waals surface area contributed by atoms with Crippen LogP contribution < -0.4 is 9.92 Å². The van der Waals surface area contributed by atoms with Crippen molar-refractivity contribution in [2.75, 3.05) is 5.73 Å². The topological polar surface area (TPSA) is 69.4 Å². The molecule has 0 unspecified atom stereocenters. The second-order valence-corrected chi connectivity index (χ2v) is 4.64. The van der Waals surface area contributed by atoms with Gasteiger partial charge in [-0.3, -0.25) is 0 Å². The molecule has 0 heterocycles. The van der Waals surface area contributed by atoms with Gasteiger partial charge in [-0.1, -0.05) is 15.8 Å². The average molecular weight is 286 g/mol. The van der Waals surface area contributed by atoms with Crippen LogP contribution in [0.25, 0.3) is 0 Å². The minimum absolute atomic E-state index is 0.105. The van der Waals surface area contributed by atoms with Gasteiger partial charge in [0.2, 0.25) is 0 Å².